The molecule has 0 aromatic heterocycles. The summed E-state index contributed by atoms with van der Waals surface area (Å²) in [5.41, 5.74) is 0.850. The molecule has 0 spiro atoms. The minimum absolute atomic E-state index is 0.0278. The molecule has 0 fully saturated rings. The van der Waals surface area contributed by atoms with Gasteiger partial charge in [0.1, 0.15) is 11.8 Å². The lowest BCUT2D eigenvalue weighted by Gasteiger charge is -2.23. The van der Waals surface area contributed by atoms with Gasteiger partial charge in [-0.05, 0) is 42.9 Å². The van der Waals surface area contributed by atoms with Gasteiger partial charge in [-0.3, -0.25) is 4.79 Å². The second kappa shape index (κ2) is 7.99. The molecular formula is C18H27NO4. The lowest BCUT2D eigenvalue weighted by atomic mass is 9.88. The van der Waals surface area contributed by atoms with Crippen LogP contribution in [0.4, 0.5) is 0 Å². The Balaban J connectivity index is 2.71. The van der Waals surface area contributed by atoms with Crippen molar-refractivity contribution in [2.75, 3.05) is 7.11 Å². The lowest BCUT2D eigenvalue weighted by Crippen LogP contribution is -2.43. The molecule has 2 N–H and O–H groups in total. The van der Waals surface area contributed by atoms with Crippen LogP contribution >= 0.6 is 0 Å². The predicted molar refractivity (Wildman–Crippen MR) is 89.7 cm³/mol. The maximum atomic E-state index is 12.3. The number of aliphatic carboxylic acids is 1. The number of carboxylic acid groups (broad SMARTS) is 1. The quantitative estimate of drug-likeness (QED) is 0.808. The summed E-state index contributed by atoms with van der Waals surface area (Å²) in [6.45, 7) is 7.91. The molecule has 0 aliphatic rings. The van der Waals surface area contributed by atoms with Gasteiger partial charge in [-0.2, -0.15) is 0 Å². The Kier molecular flexibility index (Phi) is 6.61. The van der Waals surface area contributed by atoms with Crippen LogP contribution < -0.4 is 10.1 Å². The summed E-state index contributed by atoms with van der Waals surface area (Å²) >= 11 is 0. The highest BCUT2D eigenvalue weighted by molar-refractivity contribution is 5.87. The summed E-state index contributed by atoms with van der Waals surface area (Å²) in [5.74, 6) is -0.978. The SMILES string of the molecule is COc1ccc(C(C)C(=O)NC(CCC(C)(C)C)C(=O)O)cc1. The summed E-state index contributed by atoms with van der Waals surface area (Å²) in [7, 11) is 1.58. The van der Waals surface area contributed by atoms with E-state index in [9.17, 15) is 14.7 Å². The van der Waals surface area contributed by atoms with Gasteiger partial charge in [0.15, 0.2) is 0 Å². The van der Waals surface area contributed by atoms with Crippen LogP contribution in [0, 0.1) is 5.41 Å². The number of nitrogens with one attached hydrogen (secondary N) is 1. The number of carbonyl (C=O) groups excluding carboxylic acids is 1. The maximum Gasteiger partial charge on any atom is 0.326 e. The van der Waals surface area contributed by atoms with Crippen LogP contribution in [0.2, 0.25) is 0 Å². The van der Waals surface area contributed by atoms with Crippen molar-refractivity contribution in [3.05, 3.63) is 29.8 Å². The molecule has 0 aliphatic carbocycles. The van der Waals surface area contributed by atoms with Crippen LogP contribution in [0.25, 0.3) is 0 Å². The van der Waals surface area contributed by atoms with E-state index in [4.69, 9.17) is 4.74 Å². The third kappa shape index (κ3) is 6.30. The molecule has 0 saturated heterocycles. The van der Waals surface area contributed by atoms with Crippen molar-refractivity contribution in [2.45, 2.75) is 52.5 Å². The number of rotatable bonds is 7. The first-order valence-electron chi connectivity index (χ1n) is 7.81. The number of benzene rings is 1. The van der Waals surface area contributed by atoms with Crippen LogP contribution in [-0.4, -0.2) is 30.1 Å². The van der Waals surface area contributed by atoms with Gasteiger partial charge in [0.2, 0.25) is 5.91 Å². The summed E-state index contributed by atoms with van der Waals surface area (Å²) < 4.78 is 5.09. The first-order valence-corrected chi connectivity index (χ1v) is 7.81. The molecule has 0 aliphatic heterocycles. The van der Waals surface area contributed by atoms with Gasteiger partial charge in [0.25, 0.3) is 0 Å². The van der Waals surface area contributed by atoms with E-state index in [1.54, 1.807) is 26.2 Å². The molecule has 1 aromatic carbocycles. The van der Waals surface area contributed by atoms with Gasteiger partial charge < -0.3 is 15.2 Å². The lowest BCUT2D eigenvalue weighted by molar-refractivity contribution is -0.142. The summed E-state index contributed by atoms with van der Waals surface area (Å²) in [4.78, 5) is 23.7. The molecule has 0 heterocycles. The van der Waals surface area contributed by atoms with Crippen molar-refractivity contribution in [2.24, 2.45) is 5.41 Å². The van der Waals surface area contributed by atoms with E-state index in [0.29, 0.717) is 6.42 Å². The summed E-state index contributed by atoms with van der Waals surface area (Å²) in [6.07, 6.45) is 1.14. The molecule has 5 heteroatoms. The average molecular weight is 321 g/mol. The molecule has 0 saturated carbocycles. The van der Waals surface area contributed by atoms with Crippen molar-refractivity contribution >= 4 is 11.9 Å². The monoisotopic (exact) mass is 321 g/mol. The fourth-order valence-electron chi connectivity index (χ4n) is 2.18. The highest BCUT2D eigenvalue weighted by Crippen LogP contribution is 2.23. The van der Waals surface area contributed by atoms with Crippen molar-refractivity contribution in [3.8, 4) is 5.75 Å². The zero-order chi connectivity index (χ0) is 17.6. The van der Waals surface area contributed by atoms with Gasteiger partial charge in [0.05, 0.1) is 13.0 Å². The number of hydrogen-bond donors (Lipinski definition) is 2. The van der Waals surface area contributed by atoms with Crippen LogP contribution in [0.3, 0.4) is 0 Å². The second-order valence-corrected chi connectivity index (χ2v) is 6.99. The number of amides is 1. The second-order valence-electron chi connectivity index (χ2n) is 6.99. The van der Waals surface area contributed by atoms with E-state index < -0.39 is 17.9 Å². The fourth-order valence-corrected chi connectivity index (χ4v) is 2.18. The van der Waals surface area contributed by atoms with Gasteiger partial charge in [-0.25, -0.2) is 4.79 Å². The molecule has 1 amide bonds. The molecule has 2 unspecified atom stereocenters. The van der Waals surface area contributed by atoms with E-state index in [1.807, 2.05) is 32.9 Å². The Morgan fingerprint density at radius 2 is 1.78 bits per heavy atom. The highest BCUT2D eigenvalue weighted by Gasteiger charge is 2.25. The van der Waals surface area contributed by atoms with E-state index in [-0.39, 0.29) is 11.3 Å². The van der Waals surface area contributed by atoms with Crippen molar-refractivity contribution in [1.29, 1.82) is 0 Å². The van der Waals surface area contributed by atoms with Gasteiger partial charge in [0, 0.05) is 0 Å². The van der Waals surface area contributed by atoms with Crippen LogP contribution in [0.1, 0.15) is 52.0 Å². The Hall–Kier alpha value is -2.04. The third-order valence-electron chi connectivity index (χ3n) is 3.81. The topological polar surface area (TPSA) is 75.6 Å². The zero-order valence-electron chi connectivity index (χ0n) is 14.6. The molecule has 1 rings (SSSR count). The fraction of sp³-hybridized carbons (Fsp3) is 0.556. The van der Waals surface area contributed by atoms with Gasteiger partial charge in [-0.1, -0.05) is 32.9 Å². The van der Waals surface area contributed by atoms with Gasteiger partial charge in [-0.15, -0.1) is 0 Å². The zero-order valence-corrected chi connectivity index (χ0v) is 14.6. The summed E-state index contributed by atoms with van der Waals surface area (Å²) in [6, 6.07) is 6.34. The van der Waals surface area contributed by atoms with Crippen LogP contribution in [0.5, 0.6) is 5.75 Å². The Morgan fingerprint density at radius 1 is 1.22 bits per heavy atom. The Bertz CT molecular complexity index is 531. The molecule has 0 radical (unpaired) electrons. The molecular weight excluding hydrogens is 294 g/mol. The number of ether oxygens (including phenoxy) is 1. The minimum Gasteiger partial charge on any atom is -0.497 e. The third-order valence-corrected chi connectivity index (χ3v) is 3.81. The van der Waals surface area contributed by atoms with E-state index in [0.717, 1.165) is 17.7 Å². The van der Waals surface area contributed by atoms with E-state index >= 15 is 0 Å². The van der Waals surface area contributed by atoms with E-state index in [2.05, 4.69) is 5.32 Å². The van der Waals surface area contributed by atoms with E-state index in [1.165, 1.54) is 0 Å². The standard InChI is InChI=1S/C18H27NO4/c1-12(13-6-8-14(23-5)9-7-13)16(20)19-15(17(21)22)10-11-18(2,3)4/h6-9,12,15H,10-11H2,1-5H3,(H,19,20)(H,21,22). The van der Waals surface area contributed by atoms with Crippen molar-refractivity contribution in [3.63, 3.8) is 0 Å². The Morgan fingerprint density at radius 3 is 2.22 bits per heavy atom. The number of hydrogen-bond acceptors (Lipinski definition) is 3. The van der Waals surface area contributed by atoms with Crippen molar-refractivity contribution < 1.29 is 19.4 Å². The molecule has 5 nitrogen and oxygen atoms in total. The number of methoxy groups -OCH3 is 1. The first-order chi connectivity index (χ1) is 10.6. The van der Waals surface area contributed by atoms with Crippen molar-refractivity contribution in [1.82, 2.24) is 5.32 Å². The average Bonchev–Trinajstić information content (AvgIpc) is 2.49. The summed E-state index contributed by atoms with van der Waals surface area (Å²) in [5, 5.41) is 12.0. The van der Waals surface area contributed by atoms with Crippen LogP contribution in [-0.2, 0) is 9.59 Å². The first kappa shape index (κ1) is 19.0. The minimum atomic E-state index is -0.996. The Labute approximate surface area is 138 Å². The van der Waals surface area contributed by atoms with Crippen LogP contribution in [0.15, 0.2) is 24.3 Å². The largest absolute Gasteiger partial charge is 0.497 e. The molecule has 23 heavy (non-hydrogen) atoms. The smallest absolute Gasteiger partial charge is 0.326 e. The maximum absolute atomic E-state index is 12.3. The molecule has 0 bridgehead atoms. The molecule has 128 valence electrons. The van der Waals surface area contributed by atoms with Gasteiger partial charge >= 0.3 is 5.97 Å². The number of carboxylic acids is 1. The highest BCUT2D eigenvalue weighted by atomic mass is 16.5. The molecule has 1 aromatic rings. The normalized spacial score (nSPS) is 14.0. The number of carbonyl (C=O) groups is 2. The predicted octanol–water partition coefficient (Wildman–Crippen LogP) is 3.19. The molecule has 2 atom stereocenters.